The lowest BCUT2D eigenvalue weighted by molar-refractivity contribution is -0.104. The Balaban J connectivity index is 3.07. The first-order valence-electron chi connectivity index (χ1n) is 3.36. The number of hydrogen-bond acceptors (Lipinski definition) is 4. The SMILES string of the molecule is Nc1cncc(C=CC=O)c1N. The molecule has 0 spiro atoms. The van der Waals surface area contributed by atoms with Gasteiger partial charge in [-0.05, 0) is 12.2 Å². The van der Waals surface area contributed by atoms with Crippen LogP contribution in [0.3, 0.4) is 0 Å². The van der Waals surface area contributed by atoms with Crippen molar-refractivity contribution in [3.05, 3.63) is 24.0 Å². The third kappa shape index (κ3) is 1.60. The van der Waals surface area contributed by atoms with Crippen LogP contribution in [0.4, 0.5) is 11.4 Å². The highest BCUT2D eigenvalue weighted by atomic mass is 16.1. The Morgan fingerprint density at radius 1 is 1.33 bits per heavy atom. The van der Waals surface area contributed by atoms with E-state index in [1.165, 1.54) is 12.3 Å². The van der Waals surface area contributed by atoms with Gasteiger partial charge in [0, 0.05) is 11.8 Å². The maximum Gasteiger partial charge on any atom is 0.142 e. The number of aldehydes is 1. The summed E-state index contributed by atoms with van der Waals surface area (Å²) < 4.78 is 0. The summed E-state index contributed by atoms with van der Waals surface area (Å²) in [6, 6.07) is 0. The number of nitrogen functional groups attached to an aromatic ring is 2. The largest absolute Gasteiger partial charge is 0.396 e. The van der Waals surface area contributed by atoms with E-state index in [1.54, 1.807) is 12.3 Å². The number of nitrogens with two attached hydrogens (primary N) is 2. The number of anilines is 2. The van der Waals surface area contributed by atoms with E-state index in [-0.39, 0.29) is 0 Å². The summed E-state index contributed by atoms with van der Waals surface area (Å²) in [7, 11) is 0. The molecule has 1 aromatic rings. The third-order valence-corrected chi connectivity index (χ3v) is 1.40. The third-order valence-electron chi connectivity index (χ3n) is 1.40. The number of nitrogens with zero attached hydrogens (tertiary/aromatic N) is 1. The molecule has 62 valence electrons. The molecule has 0 aromatic carbocycles. The molecule has 4 nitrogen and oxygen atoms in total. The number of rotatable bonds is 2. The molecule has 1 rings (SSSR count). The molecule has 0 saturated heterocycles. The first-order chi connectivity index (χ1) is 5.75. The van der Waals surface area contributed by atoms with Gasteiger partial charge in [-0.15, -0.1) is 0 Å². The van der Waals surface area contributed by atoms with Crippen molar-refractivity contribution < 1.29 is 4.79 Å². The van der Waals surface area contributed by atoms with Gasteiger partial charge in [0.05, 0.1) is 17.6 Å². The van der Waals surface area contributed by atoms with Gasteiger partial charge in [-0.3, -0.25) is 9.78 Å². The number of hydrogen-bond donors (Lipinski definition) is 2. The first-order valence-corrected chi connectivity index (χ1v) is 3.36. The predicted molar refractivity (Wildman–Crippen MR) is 48.2 cm³/mol. The number of aromatic nitrogens is 1. The van der Waals surface area contributed by atoms with E-state index in [9.17, 15) is 4.79 Å². The summed E-state index contributed by atoms with van der Waals surface area (Å²) >= 11 is 0. The smallest absolute Gasteiger partial charge is 0.142 e. The Kier molecular flexibility index (Phi) is 2.42. The quantitative estimate of drug-likeness (QED) is 0.490. The van der Waals surface area contributed by atoms with Crippen molar-refractivity contribution in [2.75, 3.05) is 11.5 Å². The number of carbonyl (C=O) groups is 1. The second-order valence-corrected chi connectivity index (χ2v) is 2.23. The molecule has 4 heteroatoms. The molecule has 0 saturated carbocycles. The molecule has 0 aliphatic rings. The van der Waals surface area contributed by atoms with Crippen molar-refractivity contribution in [2.24, 2.45) is 0 Å². The normalized spacial score (nSPS) is 10.3. The van der Waals surface area contributed by atoms with Gasteiger partial charge in [0.25, 0.3) is 0 Å². The summed E-state index contributed by atoms with van der Waals surface area (Å²) in [5.41, 5.74) is 12.6. The molecule has 1 heterocycles. The Labute approximate surface area is 69.9 Å². The molecule has 0 aliphatic heterocycles. The monoisotopic (exact) mass is 163 g/mol. The van der Waals surface area contributed by atoms with Crippen molar-refractivity contribution in [1.29, 1.82) is 0 Å². The Hall–Kier alpha value is -1.84. The minimum absolute atomic E-state index is 0.419. The van der Waals surface area contributed by atoms with E-state index in [0.717, 1.165) is 0 Å². The van der Waals surface area contributed by atoms with Crippen molar-refractivity contribution in [3.63, 3.8) is 0 Å². The number of allylic oxidation sites excluding steroid dienone is 1. The summed E-state index contributed by atoms with van der Waals surface area (Å²) in [4.78, 5) is 13.8. The van der Waals surface area contributed by atoms with Gasteiger partial charge in [0.15, 0.2) is 0 Å². The fourth-order valence-corrected chi connectivity index (χ4v) is 0.779. The molecule has 0 amide bonds. The summed E-state index contributed by atoms with van der Waals surface area (Å²) in [5, 5.41) is 0. The zero-order chi connectivity index (χ0) is 8.97. The lowest BCUT2D eigenvalue weighted by Gasteiger charge is -2.01. The molecule has 0 radical (unpaired) electrons. The van der Waals surface area contributed by atoms with Crippen LogP contribution < -0.4 is 11.5 Å². The highest BCUT2D eigenvalue weighted by molar-refractivity contribution is 5.80. The van der Waals surface area contributed by atoms with Crippen molar-refractivity contribution in [1.82, 2.24) is 4.98 Å². The fraction of sp³-hybridized carbons (Fsp3) is 0. The fourth-order valence-electron chi connectivity index (χ4n) is 0.779. The van der Waals surface area contributed by atoms with Gasteiger partial charge in [-0.25, -0.2) is 0 Å². The van der Waals surface area contributed by atoms with Crippen LogP contribution >= 0.6 is 0 Å². The highest BCUT2D eigenvalue weighted by Crippen LogP contribution is 2.18. The molecular formula is C8H9N3O. The number of carbonyl (C=O) groups excluding carboxylic acids is 1. The molecule has 0 fully saturated rings. The van der Waals surface area contributed by atoms with Crippen LogP contribution in [0.1, 0.15) is 5.56 Å². The highest BCUT2D eigenvalue weighted by Gasteiger charge is 1.97. The Morgan fingerprint density at radius 2 is 2.08 bits per heavy atom. The molecule has 4 N–H and O–H groups in total. The van der Waals surface area contributed by atoms with Crippen LogP contribution in [-0.2, 0) is 4.79 Å². The Morgan fingerprint density at radius 3 is 2.75 bits per heavy atom. The van der Waals surface area contributed by atoms with Crippen molar-refractivity contribution in [3.8, 4) is 0 Å². The molecule has 0 bridgehead atoms. The molecule has 0 atom stereocenters. The van der Waals surface area contributed by atoms with Crippen LogP contribution in [0.2, 0.25) is 0 Å². The van der Waals surface area contributed by atoms with Crippen molar-refractivity contribution >= 4 is 23.7 Å². The van der Waals surface area contributed by atoms with Gasteiger partial charge < -0.3 is 11.5 Å². The zero-order valence-corrected chi connectivity index (χ0v) is 6.40. The Bertz CT molecular complexity index is 320. The van der Waals surface area contributed by atoms with Crippen LogP contribution in [0, 0.1) is 0 Å². The first kappa shape index (κ1) is 8.26. The van der Waals surface area contributed by atoms with Crippen molar-refractivity contribution in [2.45, 2.75) is 0 Å². The van der Waals surface area contributed by atoms with Gasteiger partial charge >= 0.3 is 0 Å². The van der Waals surface area contributed by atoms with E-state index in [4.69, 9.17) is 11.5 Å². The van der Waals surface area contributed by atoms with E-state index in [0.29, 0.717) is 23.2 Å². The van der Waals surface area contributed by atoms with Crippen LogP contribution in [0.5, 0.6) is 0 Å². The average Bonchev–Trinajstić information content (AvgIpc) is 2.08. The summed E-state index contributed by atoms with van der Waals surface area (Å²) in [6.45, 7) is 0. The summed E-state index contributed by atoms with van der Waals surface area (Å²) in [6.07, 6.45) is 6.58. The van der Waals surface area contributed by atoms with Crippen LogP contribution in [0.25, 0.3) is 6.08 Å². The maximum atomic E-state index is 10.00. The summed E-state index contributed by atoms with van der Waals surface area (Å²) in [5.74, 6) is 0. The van der Waals surface area contributed by atoms with Gasteiger partial charge in [-0.1, -0.05) is 0 Å². The lowest BCUT2D eigenvalue weighted by atomic mass is 10.2. The minimum atomic E-state index is 0.419. The van der Waals surface area contributed by atoms with Gasteiger partial charge in [-0.2, -0.15) is 0 Å². The minimum Gasteiger partial charge on any atom is -0.396 e. The van der Waals surface area contributed by atoms with E-state index >= 15 is 0 Å². The molecular weight excluding hydrogens is 154 g/mol. The standard InChI is InChI=1S/C8H9N3O/c9-7-5-11-4-6(8(7)10)2-1-3-12/h1-5H,9H2,(H2,10,11). The lowest BCUT2D eigenvalue weighted by Crippen LogP contribution is -1.97. The van der Waals surface area contributed by atoms with E-state index < -0.39 is 0 Å². The topological polar surface area (TPSA) is 82.0 Å². The zero-order valence-electron chi connectivity index (χ0n) is 6.40. The van der Waals surface area contributed by atoms with Gasteiger partial charge in [0.1, 0.15) is 6.29 Å². The second kappa shape index (κ2) is 3.52. The second-order valence-electron chi connectivity index (χ2n) is 2.23. The predicted octanol–water partition coefficient (Wildman–Crippen LogP) is 0.458. The molecule has 1 aromatic heterocycles. The molecule has 0 aliphatic carbocycles. The van der Waals surface area contributed by atoms with E-state index in [1.807, 2.05) is 0 Å². The van der Waals surface area contributed by atoms with Crippen LogP contribution in [-0.4, -0.2) is 11.3 Å². The molecule has 12 heavy (non-hydrogen) atoms. The van der Waals surface area contributed by atoms with Crippen LogP contribution in [0.15, 0.2) is 18.5 Å². The number of pyridine rings is 1. The maximum absolute atomic E-state index is 10.00. The average molecular weight is 163 g/mol. The van der Waals surface area contributed by atoms with Gasteiger partial charge in [0.2, 0.25) is 0 Å². The molecule has 0 unspecified atom stereocenters. The van der Waals surface area contributed by atoms with E-state index in [2.05, 4.69) is 4.98 Å².